The molecule has 0 saturated heterocycles. The maximum Gasteiger partial charge on any atom is 0.223 e. The van der Waals surface area contributed by atoms with Crippen LogP contribution in [0.3, 0.4) is 0 Å². The maximum absolute atomic E-state index is 12.3. The van der Waals surface area contributed by atoms with Crippen LogP contribution in [0, 0.1) is 11.3 Å². The molecule has 118 valence electrons. The van der Waals surface area contributed by atoms with Gasteiger partial charge in [0.25, 0.3) is 0 Å². The summed E-state index contributed by atoms with van der Waals surface area (Å²) in [4.78, 5) is 14.1. The molecule has 1 rings (SSSR count). The third kappa shape index (κ3) is 6.58. The van der Waals surface area contributed by atoms with Gasteiger partial charge in [0.1, 0.15) is 0 Å². The van der Waals surface area contributed by atoms with E-state index in [-0.39, 0.29) is 5.91 Å². The Morgan fingerprint density at radius 2 is 1.91 bits per heavy atom. The lowest BCUT2D eigenvalue weighted by Crippen LogP contribution is -2.30. The fraction of sp³-hybridized carbons (Fsp3) is 0.474. The van der Waals surface area contributed by atoms with E-state index in [4.69, 9.17) is 5.26 Å². The highest BCUT2D eigenvalue weighted by Crippen LogP contribution is 2.11. The molecule has 0 unspecified atom stereocenters. The smallest absolute Gasteiger partial charge is 0.223 e. The monoisotopic (exact) mass is 298 g/mol. The van der Waals surface area contributed by atoms with Gasteiger partial charge in [-0.05, 0) is 24.1 Å². The zero-order valence-electron chi connectivity index (χ0n) is 13.6. The molecule has 1 aromatic rings. The van der Waals surface area contributed by atoms with Crippen LogP contribution in [0.1, 0.15) is 56.6 Å². The van der Waals surface area contributed by atoms with Gasteiger partial charge in [-0.25, -0.2) is 0 Å². The van der Waals surface area contributed by atoms with E-state index in [0.717, 1.165) is 18.4 Å². The number of benzene rings is 1. The van der Waals surface area contributed by atoms with Crippen molar-refractivity contribution in [3.8, 4) is 6.07 Å². The summed E-state index contributed by atoms with van der Waals surface area (Å²) in [6.45, 7) is 7.06. The number of carbonyl (C=O) groups is 1. The van der Waals surface area contributed by atoms with Crippen LogP contribution in [0.4, 0.5) is 0 Å². The minimum atomic E-state index is 0.181. The molecule has 0 bridgehead atoms. The average Bonchev–Trinajstić information content (AvgIpc) is 2.54. The van der Waals surface area contributed by atoms with Crippen LogP contribution in [0.2, 0.25) is 0 Å². The number of rotatable bonds is 10. The molecule has 1 amide bonds. The van der Waals surface area contributed by atoms with E-state index in [1.807, 2.05) is 17.0 Å². The van der Waals surface area contributed by atoms with Crippen molar-refractivity contribution in [3.05, 3.63) is 48.0 Å². The van der Waals surface area contributed by atoms with Gasteiger partial charge < -0.3 is 4.90 Å². The topological polar surface area (TPSA) is 44.1 Å². The lowest BCUT2D eigenvalue weighted by Gasteiger charge is -2.21. The number of nitrogens with zero attached hydrogens (tertiary/aromatic N) is 2. The highest BCUT2D eigenvalue weighted by molar-refractivity contribution is 5.76. The first-order chi connectivity index (χ1) is 10.7. The van der Waals surface area contributed by atoms with Gasteiger partial charge in [-0.2, -0.15) is 5.26 Å². The van der Waals surface area contributed by atoms with Crippen molar-refractivity contribution in [3.63, 3.8) is 0 Å². The van der Waals surface area contributed by atoms with E-state index in [1.165, 1.54) is 19.3 Å². The molecular formula is C19H26N2O. The van der Waals surface area contributed by atoms with Crippen molar-refractivity contribution in [1.29, 1.82) is 5.26 Å². The molecule has 0 spiro atoms. The highest BCUT2D eigenvalue weighted by Gasteiger charge is 2.12. The summed E-state index contributed by atoms with van der Waals surface area (Å²) in [5.41, 5.74) is 1.68. The predicted octanol–water partition coefficient (Wildman–Crippen LogP) is 4.43. The van der Waals surface area contributed by atoms with Crippen molar-refractivity contribution in [2.75, 3.05) is 6.54 Å². The lowest BCUT2D eigenvalue weighted by atomic mass is 10.1. The minimum Gasteiger partial charge on any atom is -0.335 e. The fourth-order valence-corrected chi connectivity index (χ4v) is 2.35. The number of unbranched alkanes of at least 4 members (excludes halogenated alkanes) is 4. The first-order valence-corrected chi connectivity index (χ1v) is 8.09. The molecular weight excluding hydrogens is 272 g/mol. The molecule has 3 heteroatoms. The Labute approximate surface area is 134 Å². The summed E-state index contributed by atoms with van der Waals surface area (Å²) < 4.78 is 0. The molecule has 0 aliphatic heterocycles. The van der Waals surface area contributed by atoms with Crippen LogP contribution in [0.25, 0.3) is 0 Å². The van der Waals surface area contributed by atoms with Crippen LogP contribution in [0.15, 0.2) is 36.9 Å². The number of amides is 1. The van der Waals surface area contributed by atoms with Crippen molar-refractivity contribution in [2.24, 2.45) is 0 Å². The standard InChI is InChI=1S/C19H26N2O/c1-3-5-6-7-8-9-19(22)21(14-4-2)16-18-12-10-17(15-20)11-13-18/h4,10-13H,2-3,5-9,14,16H2,1H3. The predicted molar refractivity (Wildman–Crippen MR) is 90.1 cm³/mol. The minimum absolute atomic E-state index is 0.181. The summed E-state index contributed by atoms with van der Waals surface area (Å²) in [6.07, 6.45) is 8.12. The van der Waals surface area contributed by atoms with E-state index in [9.17, 15) is 4.79 Å². The van der Waals surface area contributed by atoms with Crippen molar-refractivity contribution in [2.45, 2.75) is 52.0 Å². The summed E-state index contributed by atoms with van der Waals surface area (Å²) in [7, 11) is 0. The van der Waals surface area contributed by atoms with Gasteiger partial charge in [0.15, 0.2) is 0 Å². The number of nitriles is 1. The van der Waals surface area contributed by atoms with Gasteiger partial charge in [0, 0.05) is 19.5 Å². The number of hydrogen-bond donors (Lipinski definition) is 0. The van der Waals surface area contributed by atoms with Crippen LogP contribution < -0.4 is 0 Å². The van der Waals surface area contributed by atoms with Gasteiger partial charge in [-0.3, -0.25) is 4.79 Å². The van der Waals surface area contributed by atoms with Crippen molar-refractivity contribution in [1.82, 2.24) is 4.90 Å². The largest absolute Gasteiger partial charge is 0.335 e. The van der Waals surface area contributed by atoms with Crippen molar-refractivity contribution < 1.29 is 4.79 Å². The van der Waals surface area contributed by atoms with E-state index in [0.29, 0.717) is 25.1 Å². The Kier molecular flexibility index (Phi) is 8.67. The first-order valence-electron chi connectivity index (χ1n) is 8.09. The molecule has 3 nitrogen and oxygen atoms in total. The van der Waals surface area contributed by atoms with Gasteiger partial charge in [-0.15, -0.1) is 6.58 Å². The van der Waals surface area contributed by atoms with Crippen LogP contribution in [-0.4, -0.2) is 17.4 Å². The fourth-order valence-electron chi connectivity index (χ4n) is 2.35. The lowest BCUT2D eigenvalue weighted by molar-refractivity contribution is -0.131. The van der Waals surface area contributed by atoms with Gasteiger partial charge in [0.05, 0.1) is 11.6 Å². The number of carbonyl (C=O) groups excluding carboxylic acids is 1. The van der Waals surface area contributed by atoms with Crippen LogP contribution in [-0.2, 0) is 11.3 Å². The highest BCUT2D eigenvalue weighted by atomic mass is 16.2. The summed E-state index contributed by atoms with van der Waals surface area (Å²) in [6, 6.07) is 9.49. The second-order valence-corrected chi connectivity index (χ2v) is 5.54. The Bertz CT molecular complexity index is 499. The van der Waals surface area contributed by atoms with Crippen LogP contribution >= 0.6 is 0 Å². The Morgan fingerprint density at radius 1 is 1.23 bits per heavy atom. The molecule has 22 heavy (non-hydrogen) atoms. The Hall–Kier alpha value is -2.08. The number of hydrogen-bond acceptors (Lipinski definition) is 2. The zero-order chi connectivity index (χ0) is 16.2. The average molecular weight is 298 g/mol. The van der Waals surface area contributed by atoms with Crippen molar-refractivity contribution >= 4 is 5.91 Å². The summed E-state index contributed by atoms with van der Waals surface area (Å²) in [5, 5.41) is 8.81. The van der Waals surface area contributed by atoms with E-state index in [1.54, 1.807) is 18.2 Å². The summed E-state index contributed by atoms with van der Waals surface area (Å²) >= 11 is 0. The van der Waals surface area contributed by atoms with Gasteiger partial charge in [0.2, 0.25) is 5.91 Å². The second kappa shape index (κ2) is 10.6. The van der Waals surface area contributed by atoms with Gasteiger partial charge >= 0.3 is 0 Å². The molecule has 0 aliphatic carbocycles. The third-order valence-corrected chi connectivity index (χ3v) is 3.65. The molecule has 0 N–H and O–H groups in total. The quantitative estimate of drug-likeness (QED) is 0.473. The van der Waals surface area contributed by atoms with Crippen LogP contribution in [0.5, 0.6) is 0 Å². The SMILES string of the molecule is C=CCN(Cc1ccc(C#N)cc1)C(=O)CCCCCCC. The third-order valence-electron chi connectivity index (χ3n) is 3.65. The molecule has 0 atom stereocenters. The maximum atomic E-state index is 12.3. The van der Waals surface area contributed by atoms with Gasteiger partial charge in [-0.1, -0.05) is 50.8 Å². The zero-order valence-corrected chi connectivity index (χ0v) is 13.6. The normalized spacial score (nSPS) is 10.0. The van der Waals surface area contributed by atoms with E-state index >= 15 is 0 Å². The van der Waals surface area contributed by atoms with E-state index < -0.39 is 0 Å². The molecule has 0 aromatic heterocycles. The van der Waals surface area contributed by atoms with E-state index in [2.05, 4.69) is 19.6 Å². The Morgan fingerprint density at radius 3 is 2.50 bits per heavy atom. The molecule has 1 aromatic carbocycles. The Balaban J connectivity index is 2.50. The molecule has 0 aliphatic rings. The molecule has 0 radical (unpaired) electrons. The second-order valence-electron chi connectivity index (χ2n) is 5.54. The molecule has 0 fully saturated rings. The summed E-state index contributed by atoms with van der Waals surface area (Å²) in [5.74, 6) is 0.181. The first kappa shape index (κ1) is 18.0. The molecule has 0 saturated carbocycles. The molecule has 0 heterocycles.